The molecule has 0 saturated heterocycles. The lowest BCUT2D eigenvalue weighted by Crippen LogP contribution is -2.40. The Bertz CT molecular complexity index is 584. The van der Waals surface area contributed by atoms with Crippen LogP contribution >= 0.6 is 23.1 Å². The predicted octanol–water partition coefficient (Wildman–Crippen LogP) is 4.30. The molecule has 0 bridgehead atoms. The van der Waals surface area contributed by atoms with Crippen molar-refractivity contribution in [3.05, 3.63) is 27.3 Å². The SMILES string of the molecule is CCSC1=C(c2cccs2)C(=O)N(C2CCCCCC2)C1=O. The lowest BCUT2D eigenvalue weighted by atomic mass is 10.1. The Kier molecular flexibility index (Phi) is 5.03. The Morgan fingerprint density at radius 3 is 2.50 bits per heavy atom. The summed E-state index contributed by atoms with van der Waals surface area (Å²) in [6.07, 6.45) is 6.58. The molecule has 1 aromatic heterocycles. The van der Waals surface area contributed by atoms with Crippen LogP contribution in [0.2, 0.25) is 0 Å². The zero-order valence-electron chi connectivity index (χ0n) is 12.8. The highest BCUT2D eigenvalue weighted by Gasteiger charge is 2.42. The van der Waals surface area contributed by atoms with Crippen LogP contribution in [-0.2, 0) is 9.59 Å². The monoisotopic (exact) mass is 335 g/mol. The molecule has 1 saturated carbocycles. The number of carbonyl (C=O) groups excluding carboxylic acids is 2. The standard InChI is InChI=1S/C17H21NO2S2/c1-2-21-15-14(13-10-7-11-22-13)16(19)18(17(15)20)12-8-5-3-4-6-9-12/h7,10-12H,2-6,8-9H2,1H3. The summed E-state index contributed by atoms with van der Waals surface area (Å²) in [6, 6.07) is 3.97. The van der Waals surface area contributed by atoms with Gasteiger partial charge in [-0.25, -0.2) is 0 Å². The van der Waals surface area contributed by atoms with Gasteiger partial charge < -0.3 is 0 Å². The fraction of sp³-hybridized carbons (Fsp3) is 0.529. The first-order valence-electron chi connectivity index (χ1n) is 8.03. The van der Waals surface area contributed by atoms with E-state index in [4.69, 9.17) is 0 Å². The van der Waals surface area contributed by atoms with E-state index in [-0.39, 0.29) is 17.9 Å². The molecule has 118 valence electrons. The number of hydrogen-bond donors (Lipinski definition) is 0. The van der Waals surface area contributed by atoms with Crippen LogP contribution in [0.15, 0.2) is 22.4 Å². The van der Waals surface area contributed by atoms with Crippen LogP contribution in [0.25, 0.3) is 5.57 Å². The van der Waals surface area contributed by atoms with Gasteiger partial charge in [-0.05, 0) is 30.0 Å². The minimum absolute atomic E-state index is 0.0628. The molecule has 1 aliphatic heterocycles. The van der Waals surface area contributed by atoms with Crippen molar-refractivity contribution >= 4 is 40.5 Å². The second kappa shape index (κ2) is 7.01. The molecular weight excluding hydrogens is 314 g/mol. The summed E-state index contributed by atoms with van der Waals surface area (Å²) in [4.78, 5) is 28.9. The smallest absolute Gasteiger partial charge is 0.268 e. The molecule has 2 heterocycles. The fourth-order valence-corrected chi connectivity index (χ4v) is 4.97. The average Bonchev–Trinajstić information content (AvgIpc) is 3.00. The highest BCUT2D eigenvalue weighted by Crippen LogP contribution is 2.40. The number of hydrogen-bond acceptors (Lipinski definition) is 4. The molecule has 1 fully saturated rings. The van der Waals surface area contributed by atoms with Crippen molar-refractivity contribution < 1.29 is 9.59 Å². The highest BCUT2D eigenvalue weighted by atomic mass is 32.2. The fourth-order valence-electron chi connectivity index (χ4n) is 3.29. The van der Waals surface area contributed by atoms with Crippen LogP contribution in [0, 0.1) is 0 Å². The summed E-state index contributed by atoms with van der Waals surface area (Å²) < 4.78 is 0. The molecule has 2 aliphatic rings. The number of rotatable bonds is 4. The summed E-state index contributed by atoms with van der Waals surface area (Å²) in [7, 11) is 0. The average molecular weight is 335 g/mol. The molecule has 5 heteroatoms. The van der Waals surface area contributed by atoms with Crippen LogP contribution in [0.1, 0.15) is 50.3 Å². The lowest BCUT2D eigenvalue weighted by molar-refractivity contribution is -0.139. The number of imide groups is 1. The van der Waals surface area contributed by atoms with Crippen molar-refractivity contribution in [1.82, 2.24) is 4.90 Å². The third kappa shape index (κ3) is 2.88. The van der Waals surface area contributed by atoms with Gasteiger partial charge >= 0.3 is 0 Å². The van der Waals surface area contributed by atoms with Gasteiger partial charge in [-0.1, -0.05) is 38.7 Å². The van der Waals surface area contributed by atoms with Gasteiger partial charge in [0.2, 0.25) is 0 Å². The van der Waals surface area contributed by atoms with Gasteiger partial charge in [-0.15, -0.1) is 23.1 Å². The Labute approximate surface area is 139 Å². The van der Waals surface area contributed by atoms with E-state index in [1.54, 1.807) is 4.90 Å². The maximum atomic E-state index is 13.0. The number of thioether (sulfide) groups is 1. The van der Waals surface area contributed by atoms with Crippen LogP contribution in [-0.4, -0.2) is 28.5 Å². The maximum absolute atomic E-state index is 13.0. The molecule has 1 aliphatic carbocycles. The number of carbonyl (C=O) groups is 2. The minimum Gasteiger partial charge on any atom is -0.271 e. The van der Waals surface area contributed by atoms with Crippen LogP contribution in [0.5, 0.6) is 0 Å². The van der Waals surface area contributed by atoms with Crippen LogP contribution in [0.3, 0.4) is 0 Å². The quantitative estimate of drug-likeness (QED) is 0.608. The number of thiophene rings is 1. The van der Waals surface area contributed by atoms with Gasteiger partial charge in [0.05, 0.1) is 10.5 Å². The van der Waals surface area contributed by atoms with E-state index >= 15 is 0 Å². The molecule has 22 heavy (non-hydrogen) atoms. The van der Waals surface area contributed by atoms with E-state index in [1.807, 2.05) is 24.4 Å². The largest absolute Gasteiger partial charge is 0.271 e. The van der Waals surface area contributed by atoms with Crippen molar-refractivity contribution in [2.45, 2.75) is 51.5 Å². The number of nitrogens with zero attached hydrogens (tertiary/aromatic N) is 1. The zero-order chi connectivity index (χ0) is 15.5. The normalized spacial score (nSPS) is 20.9. The van der Waals surface area contributed by atoms with Crippen molar-refractivity contribution in [3.63, 3.8) is 0 Å². The van der Waals surface area contributed by atoms with Gasteiger partial charge in [-0.2, -0.15) is 0 Å². The molecule has 0 radical (unpaired) electrons. The van der Waals surface area contributed by atoms with E-state index in [9.17, 15) is 9.59 Å². The summed E-state index contributed by atoms with van der Waals surface area (Å²) in [5, 5.41) is 1.96. The van der Waals surface area contributed by atoms with E-state index in [0.717, 1.165) is 36.3 Å². The first kappa shape index (κ1) is 15.8. The molecule has 0 N–H and O–H groups in total. The summed E-state index contributed by atoms with van der Waals surface area (Å²) in [5.74, 6) is 0.671. The first-order chi connectivity index (χ1) is 10.7. The molecular formula is C17H21NO2S2. The lowest BCUT2D eigenvalue weighted by Gasteiger charge is -2.25. The van der Waals surface area contributed by atoms with Gasteiger partial charge in [0.25, 0.3) is 11.8 Å². The molecule has 2 amide bonds. The highest BCUT2D eigenvalue weighted by molar-refractivity contribution is 8.04. The van der Waals surface area contributed by atoms with Gasteiger partial charge in [0.15, 0.2) is 0 Å². The Balaban J connectivity index is 1.93. The summed E-state index contributed by atoms with van der Waals surface area (Å²) >= 11 is 3.04. The van der Waals surface area contributed by atoms with E-state index in [2.05, 4.69) is 0 Å². The van der Waals surface area contributed by atoms with Crippen molar-refractivity contribution in [1.29, 1.82) is 0 Å². The Hall–Kier alpha value is -1.07. The predicted molar refractivity (Wildman–Crippen MR) is 92.7 cm³/mol. The van der Waals surface area contributed by atoms with Gasteiger partial charge in [0, 0.05) is 10.9 Å². The summed E-state index contributed by atoms with van der Waals surface area (Å²) in [6.45, 7) is 2.02. The zero-order valence-corrected chi connectivity index (χ0v) is 14.5. The van der Waals surface area contributed by atoms with Gasteiger partial charge in [-0.3, -0.25) is 14.5 Å². The van der Waals surface area contributed by atoms with Crippen LogP contribution < -0.4 is 0 Å². The third-order valence-electron chi connectivity index (χ3n) is 4.32. The van der Waals surface area contributed by atoms with Crippen molar-refractivity contribution in [2.24, 2.45) is 0 Å². The molecule has 1 aromatic rings. The molecule has 0 atom stereocenters. The van der Waals surface area contributed by atoms with E-state index < -0.39 is 0 Å². The molecule has 0 unspecified atom stereocenters. The Morgan fingerprint density at radius 2 is 1.91 bits per heavy atom. The van der Waals surface area contributed by atoms with E-state index in [1.165, 1.54) is 35.9 Å². The van der Waals surface area contributed by atoms with E-state index in [0.29, 0.717) is 10.5 Å². The molecule has 0 aromatic carbocycles. The molecule has 0 spiro atoms. The third-order valence-corrected chi connectivity index (χ3v) is 6.16. The second-order valence-corrected chi connectivity index (χ2v) is 7.96. The van der Waals surface area contributed by atoms with Gasteiger partial charge in [0.1, 0.15) is 0 Å². The molecule has 3 rings (SSSR count). The number of amides is 2. The summed E-state index contributed by atoms with van der Waals surface area (Å²) in [5.41, 5.74) is 0.635. The Morgan fingerprint density at radius 1 is 1.18 bits per heavy atom. The van der Waals surface area contributed by atoms with Crippen molar-refractivity contribution in [2.75, 3.05) is 5.75 Å². The molecule has 3 nitrogen and oxygen atoms in total. The van der Waals surface area contributed by atoms with Crippen LogP contribution in [0.4, 0.5) is 0 Å². The van der Waals surface area contributed by atoms with Crippen molar-refractivity contribution in [3.8, 4) is 0 Å². The topological polar surface area (TPSA) is 37.4 Å². The minimum atomic E-state index is -0.0738. The first-order valence-corrected chi connectivity index (χ1v) is 9.89. The maximum Gasteiger partial charge on any atom is 0.268 e. The second-order valence-electron chi connectivity index (χ2n) is 5.74.